The van der Waals surface area contributed by atoms with Crippen LogP contribution >= 0.6 is 11.6 Å². The van der Waals surface area contributed by atoms with Crippen LogP contribution in [0.25, 0.3) is 11.8 Å². The molecule has 1 amide bonds. The van der Waals surface area contributed by atoms with Crippen molar-refractivity contribution < 1.29 is 4.79 Å². The molecule has 0 bridgehead atoms. The van der Waals surface area contributed by atoms with Crippen LogP contribution in [0.15, 0.2) is 48.5 Å². The van der Waals surface area contributed by atoms with Crippen molar-refractivity contribution in [1.82, 2.24) is 10.2 Å². The highest BCUT2D eigenvalue weighted by atomic mass is 35.5. The van der Waals surface area contributed by atoms with E-state index in [2.05, 4.69) is 25.2 Å². The van der Waals surface area contributed by atoms with Crippen LogP contribution in [0.4, 0.5) is 0 Å². The van der Waals surface area contributed by atoms with Crippen LogP contribution in [0.3, 0.4) is 0 Å². The van der Waals surface area contributed by atoms with Crippen molar-refractivity contribution >= 4 is 29.3 Å². The SMILES string of the molecule is CCC(C)N(C)C(=O)C1C=c2ccccc2=C(c2ccccc2Cl)N1. The second-order valence-corrected chi connectivity index (χ2v) is 6.84. The summed E-state index contributed by atoms with van der Waals surface area (Å²) in [6, 6.07) is 15.6. The topological polar surface area (TPSA) is 32.3 Å². The molecule has 4 heteroatoms. The molecule has 0 fully saturated rings. The van der Waals surface area contributed by atoms with E-state index in [1.54, 1.807) is 0 Å². The lowest BCUT2D eigenvalue weighted by molar-refractivity contribution is -0.132. The Morgan fingerprint density at radius 1 is 1.20 bits per heavy atom. The number of likely N-dealkylation sites (N-methyl/N-ethyl adjacent to an activating group) is 1. The fourth-order valence-electron chi connectivity index (χ4n) is 3.05. The molecule has 3 rings (SSSR count). The van der Waals surface area contributed by atoms with Crippen molar-refractivity contribution in [3.8, 4) is 0 Å². The Bertz CT molecular complexity index is 906. The minimum absolute atomic E-state index is 0.0633. The maximum absolute atomic E-state index is 13.0. The third kappa shape index (κ3) is 3.42. The number of hydrogen-bond donors (Lipinski definition) is 1. The van der Waals surface area contributed by atoms with Gasteiger partial charge in [0.15, 0.2) is 0 Å². The maximum Gasteiger partial charge on any atom is 0.249 e. The third-order valence-electron chi connectivity index (χ3n) is 4.89. The molecule has 1 aliphatic heterocycles. The number of hydrogen-bond acceptors (Lipinski definition) is 2. The van der Waals surface area contributed by atoms with E-state index in [9.17, 15) is 4.79 Å². The van der Waals surface area contributed by atoms with E-state index < -0.39 is 6.04 Å². The van der Waals surface area contributed by atoms with E-state index in [1.165, 1.54) is 0 Å². The van der Waals surface area contributed by atoms with Crippen LogP contribution < -0.4 is 15.8 Å². The molecule has 1 N–H and O–H groups in total. The van der Waals surface area contributed by atoms with E-state index in [4.69, 9.17) is 11.6 Å². The summed E-state index contributed by atoms with van der Waals surface area (Å²) in [6.45, 7) is 4.15. The highest BCUT2D eigenvalue weighted by molar-refractivity contribution is 6.32. The number of amides is 1. The van der Waals surface area contributed by atoms with Crippen molar-refractivity contribution in [2.24, 2.45) is 0 Å². The Hall–Kier alpha value is -2.26. The largest absolute Gasteiger partial charge is 0.369 e. The quantitative estimate of drug-likeness (QED) is 0.915. The number of benzene rings is 2. The van der Waals surface area contributed by atoms with Gasteiger partial charge in [0.2, 0.25) is 5.91 Å². The lowest BCUT2D eigenvalue weighted by Crippen LogP contribution is -2.51. The van der Waals surface area contributed by atoms with Gasteiger partial charge in [-0.1, -0.05) is 61.0 Å². The van der Waals surface area contributed by atoms with Gasteiger partial charge in [-0.3, -0.25) is 4.79 Å². The zero-order valence-corrected chi connectivity index (χ0v) is 15.5. The fraction of sp³-hybridized carbons (Fsp3) is 0.286. The zero-order valence-electron chi connectivity index (χ0n) is 14.8. The van der Waals surface area contributed by atoms with Crippen LogP contribution in [0.5, 0.6) is 0 Å². The summed E-state index contributed by atoms with van der Waals surface area (Å²) in [6.07, 6.45) is 2.92. The number of carbonyl (C=O) groups excluding carboxylic acids is 1. The highest BCUT2D eigenvalue weighted by Gasteiger charge is 2.26. The molecule has 0 spiro atoms. The van der Waals surface area contributed by atoms with Crippen molar-refractivity contribution in [1.29, 1.82) is 0 Å². The number of carbonyl (C=O) groups is 1. The molecule has 2 aromatic rings. The van der Waals surface area contributed by atoms with E-state index in [0.29, 0.717) is 5.02 Å². The molecule has 130 valence electrons. The second-order valence-electron chi connectivity index (χ2n) is 6.44. The first-order valence-corrected chi connectivity index (χ1v) is 9.00. The molecular weight excluding hydrogens is 332 g/mol. The van der Waals surface area contributed by atoms with Gasteiger partial charge in [-0.05, 0) is 30.7 Å². The van der Waals surface area contributed by atoms with Crippen LogP contribution in [-0.2, 0) is 4.79 Å². The van der Waals surface area contributed by atoms with Gasteiger partial charge in [0.25, 0.3) is 0 Å². The predicted octanol–water partition coefficient (Wildman–Crippen LogP) is 2.51. The molecule has 3 nitrogen and oxygen atoms in total. The number of halogens is 1. The van der Waals surface area contributed by atoms with Crippen molar-refractivity contribution in [3.63, 3.8) is 0 Å². The Morgan fingerprint density at radius 2 is 1.88 bits per heavy atom. The molecule has 2 unspecified atom stereocenters. The molecule has 0 saturated carbocycles. The molecular formula is C21H23ClN2O. The summed E-state index contributed by atoms with van der Waals surface area (Å²) in [5.41, 5.74) is 1.81. The maximum atomic E-state index is 13.0. The number of rotatable bonds is 4. The number of nitrogens with one attached hydrogen (secondary N) is 1. The van der Waals surface area contributed by atoms with Gasteiger partial charge in [0, 0.05) is 28.9 Å². The van der Waals surface area contributed by atoms with Crippen LogP contribution in [0, 0.1) is 0 Å². The Balaban J connectivity index is 2.09. The first-order chi connectivity index (χ1) is 12.0. The molecule has 0 saturated heterocycles. The molecule has 0 aliphatic carbocycles. The van der Waals surface area contributed by atoms with Gasteiger partial charge in [-0.2, -0.15) is 0 Å². The number of nitrogens with zero attached hydrogens (tertiary/aromatic N) is 1. The highest BCUT2D eigenvalue weighted by Crippen LogP contribution is 2.21. The molecule has 2 atom stereocenters. The first kappa shape index (κ1) is 17.6. The average Bonchev–Trinajstić information content (AvgIpc) is 2.65. The van der Waals surface area contributed by atoms with E-state index in [-0.39, 0.29) is 11.9 Å². The van der Waals surface area contributed by atoms with Crippen LogP contribution in [0.1, 0.15) is 25.8 Å². The normalized spacial score (nSPS) is 17.1. The monoisotopic (exact) mass is 354 g/mol. The summed E-state index contributed by atoms with van der Waals surface area (Å²) in [5.74, 6) is 0.0633. The molecule has 25 heavy (non-hydrogen) atoms. The summed E-state index contributed by atoms with van der Waals surface area (Å²) in [5, 5.41) is 6.19. The fourth-order valence-corrected chi connectivity index (χ4v) is 3.28. The molecule has 2 aromatic carbocycles. The molecule has 1 heterocycles. The van der Waals surface area contributed by atoms with E-state index in [1.807, 2.05) is 60.5 Å². The average molecular weight is 355 g/mol. The lowest BCUT2D eigenvalue weighted by Gasteiger charge is -2.30. The van der Waals surface area contributed by atoms with Crippen molar-refractivity contribution in [3.05, 3.63) is 69.6 Å². The Morgan fingerprint density at radius 3 is 2.60 bits per heavy atom. The summed E-state index contributed by atoms with van der Waals surface area (Å²) in [7, 11) is 1.86. The second kappa shape index (κ2) is 7.32. The van der Waals surface area contributed by atoms with E-state index in [0.717, 1.165) is 28.1 Å². The van der Waals surface area contributed by atoms with Gasteiger partial charge < -0.3 is 10.2 Å². The Labute approximate surface area is 153 Å². The minimum atomic E-state index is -0.403. The van der Waals surface area contributed by atoms with Crippen molar-refractivity contribution in [2.75, 3.05) is 7.05 Å². The van der Waals surface area contributed by atoms with Gasteiger partial charge in [-0.15, -0.1) is 0 Å². The molecule has 1 aliphatic rings. The predicted molar refractivity (Wildman–Crippen MR) is 104 cm³/mol. The Kier molecular flexibility index (Phi) is 5.14. The van der Waals surface area contributed by atoms with Crippen LogP contribution in [0.2, 0.25) is 5.02 Å². The molecule has 0 aromatic heterocycles. The third-order valence-corrected chi connectivity index (χ3v) is 5.21. The first-order valence-electron chi connectivity index (χ1n) is 8.62. The van der Waals surface area contributed by atoms with Gasteiger partial charge in [0.05, 0.1) is 5.70 Å². The number of fused-ring (bicyclic) bond motifs is 1. The minimum Gasteiger partial charge on any atom is -0.369 e. The summed E-state index contributed by atoms with van der Waals surface area (Å²) >= 11 is 6.42. The van der Waals surface area contributed by atoms with Crippen molar-refractivity contribution in [2.45, 2.75) is 32.4 Å². The lowest BCUT2D eigenvalue weighted by atomic mass is 10.0. The van der Waals surface area contributed by atoms with Gasteiger partial charge >= 0.3 is 0 Å². The molecule has 0 radical (unpaired) electrons. The smallest absolute Gasteiger partial charge is 0.249 e. The van der Waals surface area contributed by atoms with Gasteiger partial charge in [-0.25, -0.2) is 0 Å². The van der Waals surface area contributed by atoms with Gasteiger partial charge in [0.1, 0.15) is 6.04 Å². The summed E-state index contributed by atoms with van der Waals surface area (Å²) in [4.78, 5) is 14.8. The van der Waals surface area contributed by atoms with E-state index >= 15 is 0 Å². The summed E-state index contributed by atoms with van der Waals surface area (Å²) < 4.78 is 0. The van der Waals surface area contributed by atoms with Crippen LogP contribution in [-0.4, -0.2) is 29.9 Å². The standard InChI is InChI=1S/C21H23ClN2O/c1-4-14(2)24(3)21(25)19-13-15-9-5-6-10-16(15)20(23-19)17-11-7-8-12-18(17)22/h5-14,19,23H,4H2,1-3H3. The zero-order chi connectivity index (χ0) is 18.0.